The topological polar surface area (TPSA) is 64.5 Å². The van der Waals surface area contributed by atoms with Crippen LogP contribution in [0.5, 0.6) is 0 Å². The summed E-state index contributed by atoms with van der Waals surface area (Å²) in [5, 5.41) is 13.3. The minimum atomic E-state index is -0.175. The van der Waals surface area contributed by atoms with E-state index in [2.05, 4.69) is 50.4 Å². The van der Waals surface area contributed by atoms with E-state index >= 15 is 0 Å². The van der Waals surface area contributed by atoms with Crippen molar-refractivity contribution < 1.29 is 5.11 Å². The molecule has 2 fully saturated rings. The SMILES string of the molecule is OC1CCN(c2ccnc(NC[C@@H](c3ccccc3)N3CCCCCC3)n2)CC1. The second kappa shape index (κ2) is 10.0. The van der Waals surface area contributed by atoms with Gasteiger partial charge in [0.15, 0.2) is 0 Å². The van der Waals surface area contributed by atoms with E-state index in [0.29, 0.717) is 12.0 Å². The Hall–Kier alpha value is -2.18. The molecule has 1 aromatic heterocycles. The van der Waals surface area contributed by atoms with E-state index in [0.717, 1.165) is 51.4 Å². The van der Waals surface area contributed by atoms with E-state index in [9.17, 15) is 5.11 Å². The molecule has 0 radical (unpaired) electrons. The maximum Gasteiger partial charge on any atom is 0.224 e. The number of aliphatic hydroxyl groups excluding tert-OH is 1. The van der Waals surface area contributed by atoms with Gasteiger partial charge in [-0.3, -0.25) is 4.90 Å². The van der Waals surface area contributed by atoms with Gasteiger partial charge in [-0.25, -0.2) is 4.98 Å². The largest absolute Gasteiger partial charge is 0.393 e. The molecule has 0 saturated carbocycles. The van der Waals surface area contributed by atoms with Gasteiger partial charge in [0.25, 0.3) is 0 Å². The Morgan fingerprint density at radius 2 is 1.69 bits per heavy atom. The maximum absolute atomic E-state index is 9.75. The third kappa shape index (κ3) is 5.46. The number of aliphatic hydroxyl groups is 1. The Morgan fingerprint density at radius 1 is 0.966 bits per heavy atom. The Balaban J connectivity index is 1.45. The van der Waals surface area contributed by atoms with Gasteiger partial charge in [0.05, 0.1) is 12.1 Å². The third-order valence-corrected chi connectivity index (χ3v) is 6.15. The van der Waals surface area contributed by atoms with Gasteiger partial charge in [-0.05, 0) is 50.4 Å². The summed E-state index contributed by atoms with van der Waals surface area (Å²) in [5.74, 6) is 1.63. The average molecular weight is 396 g/mol. The second-order valence-corrected chi connectivity index (χ2v) is 8.21. The number of nitrogens with zero attached hydrogens (tertiary/aromatic N) is 4. The van der Waals surface area contributed by atoms with Gasteiger partial charge in [0, 0.05) is 25.8 Å². The zero-order chi connectivity index (χ0) is 19.9. The summed E-state index contributed by atoms with van der Waals surface area (Å²) in [7, 11) is 0. The van der Waals surface area contributed by atoms with Crippen molar-refractivity contribution in [3.8, 4) is 0 Å². The summed E-state index contributed by atoms with van der Waals surface area (Å²) in [4.78, 5) is 14.1. The zero-order valence-electron chi connectivity index (χ0n) is 17.2. The highest BCUT2D eigenvalue weighted by Crippen LogP contribution is 2.25. The quantitative estimate of drug-likeness (QED) is 0.781. The van der Waals surface area contributed by atoms with Crippen LogP contribution in [0.15, 0.2) is 42.6 Å². The fourth-order valence-corrected chi connectivity index (χ4v) is 4.43. The highest BCUT2D eigenvalue weighted by atomic mass is 16.3. The van der Waals surface area contributed by atoms with Crippen molar-refractivity contribution in [1.29, 1.82) is 0 Å². The number of piperidine rings is 1. The summed E-state index contributed by atoms with van der Waals surface area (Å²) < 4.78 is 0. The molecule has 1 aromatic carbocycles. The van der Waals surface area contributed by atoms with Gasteiger partial charge in [-0.2, -0.15) is 4.98 Å². The lowest BCUT2D eigenvalue weighted by molar-refractivity contribution is 0.145. The third-order valence-electron chi connectivity index (χ3n) is 6.15. The van der Waals surface area contributed by atoms with Crippen LogP contribution in [0.25, 0.3) is 0 Å². The first kappa shape index (κ1) is 20.1. The molecule has 2 aromatic rings. The number of nitrogens with one attached hydrogen (secondary N) is 1. The van der Waals surface area contributed by atoms with Crippen molar-refractivity contribution >= 4 is 11.8 Å². The molecule has 0 unspecified atom stereocenters. The van der Waals surface area contributed by atoms with Gasteiger partial charge < -0.3 is 15.3 Å². The first-order chi connectivity index (χ1) is 14.3. The molecule has 6 nitrogen and oxygen atoms in total. The highest BCUT2D eigenvalue weighted by molar-refractivity contribution is 5.43. The maximum atomic E-state index is 9.75. The Kier molecular flexibility index (Phi) is 6.96. The van der Waals surface area contributed by atoms with E-state index in [-0.39, 0.29) is 6.10 Å². The molecule has 4 rings (SSSR count). The van der Waals surface area contributed by atoms with E-state index in [1.807, 2.05) is 12.3 Å². The van der Waals surface area contributed by atoms with Crippen LogP contribution in [-0.4, -0.2) is 58.8 Å². The molecule has 2 aliphatic heterocycles. The molecule has 0 bridgehead atoms. The Bertz CT molecular complexity index is 740. The lowest BCUT2D eigenvalue weighted by atomic mass is 10.0. The van der Waals surface area contributed by atoms with Gasteiger partial charge >= 0.3 is 0 Å². The molecule has 2 saturated heterocycles. The van der Waals surface area contributed by atoms with Crippen molar-refractivity contribution in [2.45, 2.75) is 50.7 Å². The molecule has 2 N–H and O–H groups in total. The van der Waals surface area contributed by atoms with E-state index in [1.54, 1.807) is 0 Å². The summed E-state index contributed by atoms with van der Waals surface area (Å²) in [6.07, 6.45) is 8.48. The van der Waals surface area contributed by atoms with Crippen LogP contribution in [-0.2, 0) is 0 Å². The van der Waals surface area contributed by atoms with Crippen LogP contribution in [0.4, 0.5) is 11.8 Å². The van der Waals surface area contributed by atoms with Gasteiger partial charge in [0.2, 0.25) is 5.95 Å². The zero-order valence-corrected chi connectivity index (χ0v) is 17.2. The smallest absolute Gasteiger partial charge is 0.224 e. The number of hydrogen-bond acceptors (Lipinski definition) is 6. The molecular weight excluding hydrogens is 362 g/mol. The summed E-state index contributed by atoms with van der Waals surface area (Å²) in [6.45, 7) is 4.79. The molecule has 0 amide bonds. The van der Waals surface area contributed by atoms with Crippen molar-refractivity contribution in [2.24, 2.45) is 0 Å². The molecule has 156 valence electrons. The molecule has 29 heavy (non-hydrogen) atoms. The molecular formula is C23H33N5O. The number of aromatic nitrogens is 2. The number of benzene rings is 1. The number of hydrogen-bond donors (Lipinski definition) is 2. The number of likely N-dealkylation sites (tertiary alicyclic amines) is 1. The monoisotopic (exact) mass is 395 g/mol. The minimum absolute atomic E-state index is 0.175. The van der Waals surface area contributed by atoms with E-state index in [1.165, 1.54) is 31.2 Å². The van der Waals surface area contributed by atoms with Gasteiger partial charge in [0.1, 0.15) is 5.82 Å². The van der Waals surface area contributed by atoms with Crippen molar-refractivity contribution in [1.82, 2.24) is 14.9 Å². The second-order valence-electron chi connectivity index (χ2n) is 8.21. The lowest BCUT2D eigenvalue weighted by Crippen LogP contribution is -2.36. The Labute approximate surface area is 174 Å². The standard InChI is InChI=1S/C23H33N5O/c29-20-11-16-28(17-12-20)22-10-13-24-23(26-22)25-18-21(19-8-4-3-5-9-19)27-14-6-1-2-7-15-27/h3-5,8-10,13,20-21,29H,1-2,6-7,11-12,14-18H2,(H,24,25,26)/t21-/m0/s1. The predicted molar refractivity (Wildman–Crippen MR) is 117 cm³/mol. The highest BCUT2D eigenvalue weighted by Gasteiger charge is 2.22. The molecule has 2 aliphatic rings. The lowest BCUT2D eigenvalue weighted by Gasteiger charge is -2.32. The predicted octanol–water partition coefficient (Wildman–Crippen LogP) is 3.47. The molecule has 0 aliphatic carbocycles. The minimum Gasteiger partial charge on any atom is -0.393 e. The number of rotatable bonds is 6. The van der Waals surface area contributed by atoms with Crippen LogP contribution < -0.4 is 10.2 Å². The van der Waals surface area contributed by atoms with Crippen LogP contribution in [0.3, 0.4) is 0 Å². The van der Waals surface area contributed by atoms with Gasteiger partial charge in [-0.15, -0.1) is 0 Å². The van der Waals surface area contributed by atoms with Crippen molar-refractivity contribution in [3.63, 3.8) is 0 Å². The summed E-state index contributed by atoms with van der Waals surface area (Å²) in [5.41, 5.74) is 1.35. The van der Waals surface area contributed by atoms with Crippen molar-refractivity contribution in [2.75, 3.05) is 42.9 Å². The van der Waals surface area contributed by atoms with E-state index in [4.69, 9.17) is 4.98 Å². The van der Waals surface area contributed by atoms with Gasteiger partial charge in [-0.1, -0.05) is 43.2 Å². The molecule has 1 atom stereocenters. The average Bonchev–Trinajstić information content (AvgIpc) is 3.05. The molecule has 6 heteroatoms. The van der Waals surface area contributed by atoms with Crippen LogP contribution in [0.2, 0.25) is 0 Å². The first-order valence-corrected chi connectivity index (χ1v) is 11.1. The summed E-state index contributed by atoms with van der Waals surface area (Å²) in [6, 6.07) is 13.1. The number of anilines is 2. The van der Waals surface area contributed by atoms with Crippen LogP contribution >= 0.6 is 0 Å². The fourth-order valence-electron chi connectivity index (χ4n) is 4.43. The van der Waals surface area contributed by atoms with Crippen LogP contribution in [0.1, 0.15) is 50.1 Å². The summed E-state index contributed by atoms with van der Waals surface area (Å²) >= 11 is 0. The molecule has 3 heterocycles. The van der Waals surface area contributed by atoms with Crippen LogP contribution in [0, 0.1) is 0 Å². The van der Waals surface area contributed by atoms with Crippen molar-refractivity contribution in [3.05, 3.63) is 48.2 Å². The fraction of sp³-hybridized carbons (Fsp3) is 0.565. The molecule has 0 spiro atoms. The normalized spacial score (nSPS) is 20.2. The first-order valence-electron chi connectivity index (χ1n) is 11.1. The van der Waals surface area contributed by atoms with E-state index < -0.39 is 0 Å². The Morgan fingerprint density at radius 3 is 2.41 bits per heavy atom.